The average molecular weight is 391 g/mol. The highest BCUT2D eigenvalue weighted by Crippen LogP contribution is 2.30. The van der Waals surface area contributed by atoms with E-state index in [1.54, 1.807) is 30.0 Å². The summed E-state index contributed by atoms with van der Waals surface area (Å²) in [5.41, 5.74) is 1.57. The summed E-state index contributed by atoms with van der Waals surface area (Å²) in [6.07, 6.45) is 1.44. The molecule has 0 unspecified atom stereocenters. The molecule has 0 aliphatic carbocycles. The molecule has 0 fully saturated rings. The second kappa shape index (κ2) is 8.19. The Morgan fingerprint density at radius 1 is 1.20 bits per heavy atom. The fourth-order valence-electron chi connectivity index (χ4n) is 1.93. The number of nitro groups is 1. The lowest BCUT2D eigenvalue weighted by atomic mass is 10.2. The Bertz CT molecular complexity index is 913. The van der Waals surface area contributed by atoms with Gasteiger partial charge in [-0.15, -0.1) is 10.2 Å². The van der Waals surface area contributed by atoms with Gasteiger partial charge in [0.1, 0.15) is 0 Å². The van der Waals surface area contributed by atoms with Crippen molar-refractivity contribution >= 4 is 51.7 Å². The molecule has 1 aromatic heterocycles. The van der Waals surface area contributed by atoms with Crippen molar-refractivity contribution in [3.05, 3.63) is 74.8 Å². The van der Waals surface area contributed by atoms with E-state index in [9.17, 15) is 10.1 Å². The molecule has 6 nitrogen and oxygen atoms in total. The second-order valence-electron chi connectivity index (χ2n) is 4.84. The average Bonchev–Trinajstić information content (AvgIpc) is 3.07. The molecule has 0 bridgehead atoms. The Balaban J connectivity index is 1.65. The lowest BCUT2D eigenvalue weighted by Gasteiger charge is -1.98. The Kier molecular flexibility index (Phi) is 5.75. The Labute approximate surface area is 156 Å². The largest absolute Gasteiger partial charge is 0.278 e. The summed E-state index contributed by atoms with van der Waals surface area (Å²) in [7, 11) is 0. The van der Waals surface area contributed by atoms with Gasteiger partial charge >= 0.3 is 0 Å². The van der Waals surface area contributed by atoms with Gasteiger partial charge in [-0.3, -0.25) is 10.1 Å². The first-order valence-electron chi connectivity index (χ1n) is 7.10. The summed E-state index contributed by atoms with van der Waals surface area (Å²) in [6.45, 7) is 0. The molecular formula is C16H11ClN4O2S2. The molecule has 25 heavy (non-hydrogen) atoms. The smallest absolute Gasteiger partial charge is 0.258 e. The van der Waals surface area contributed by atoms with Gasteiger partial charge < -0.3 is 0 Å². The summed E-state index contributed by atoms with van der Waals surface area (Å²) in [5, 5.41) is 20.2. The highest BCUT2D eigenvalue weighted by atomic mass is 35.5. The van der Waals surface area contributed by atoms with E-state index in [1.807, 2.05) is 24.3 Å². The van der Waals surface area contributed by atoms with Gasteiger partial charge in [0.25, 0.3) is 5.69 Å². The number of thioether (sulfide) groups is 1. The Hall–Kier alpha value is -2.29. The van der Waals surface area contributed by atoms with E-state index >= 15 is 0 Å². The molecule has 3 rings (SSSR count). The molecule has 2 aromatic carbocycles. The topological polar surface area (TPSA) is 81.3 Å². The van der Waals surface area contributed by atoms with Gasteiger partial charge in [0.05, 0.1) is 10.5 Å². The van der Waals surface area contributed by atoms with Crippen molar-refractivity contribution in [3.8, 4) is 0 Å². The number of benzene rings is 2. The molecule has 0 aliphatic rings. The molecule has 1 heterocycles. The van der Waals surface area contributed by atoms with Gasteiger partial charge in [0.2, 0.25) is 5.13 Å². The van der Waals surface area contributed by atoms with Crippen molar-refractivity contribution < 1.29 is 4.92 Å². The standard InChI is InChI=1S/C16H11ClN4O2S2/c17-13-7-5-11(6-8-13)10-24-16-20-19-15(25-16)18-9-12-3-1-2-4-14(12)21(22)23/h1-9H,10H2/b18-9+. The quantitative estimate of drug-likeness (QED) is 0.252. The second-order valence-corrected chi connectivity index (χ2v) is 7.45. The number of halogens is 1. The minimum Gasteiger partial charge on any atom is -0.258 e. The first-order chi connectivity index (χ1) is 12.1. The molecule has 0 aliphatic heterocycles. The van der Waals surface area contributed by atoms with Crippen molar-refractivity contribution in [1.29, 1.82) is 0 Å². The number of nitro benzene ring substituents is 1. The van der Waals surface area contributed by atoms with Gasteiger partial charge in [-0.1, -0.05) is 59.0 Å². The lowest BCUT2D eigenvalue weighted by molar-refractivity contribution is -0.385. The molecule has 0 radical (unpaired) electrons. The molecule has 0 amide bonds. The van der Waals surface area contributed by atoms with Crippen LogP contribution in [0.4, 0.5) is 10.8 Å². The van der Waals surface area contributed by atoms with E-state index < -0.39 is 4.92 Å². The van der Waals surface area contributed by atoms with Gasteiger partial charge in [-0.05, 0) is 23.8 Å². The number of aliphatic imine (C=N–C) groups is 1. The molecule has 0 saturated carbocycles. The Morgan fingerprint density at radius 2 is 1.96 bits per heavy atom. The third-order valence-corrected chi connectivity index (χ3v) is 5.41. The number of nitrogens with zero attached hydrogens (tertiary/aromatic N) is 4. The molecule has 3 aromatic rings. The zero-order valence-electron chi connectivity index (χ0n) is 12.7. The maximum absolute atomic E-state index is 11.0. The van der Waals surface area contributed by atoms with Gasteiger partial charge in [0, 0.05) is 23.1 Å². The highest BCUT2D eigenvalue weighted by molar-refractivity contribution is 8.00. The van der Waals surface area contributed by atoms with E-state index in [1.165, 1.54) is 23.6 Å². The van der Waals surface area contributed by atoms with E-state index in [2.05, 4.69) is 15.2 Å². The van der Waals surface area contributed by atoms with Crippen LogP contribution in [-0.2, 0) is 5.75 Å². The van der Waals surface area contributed by atoms with E-state index in [-0.39, 0.29) is 5.69 Å². The predicted molar refractivity (Wildman–Crippen MR) is 101 cm³/mol. The Morgan fingerprint density at radius 3 is 2.72 bits per heavy atom. The monoisotopic (exact) mass is 390 g/mol. The molecule has 9 heteroatoms. The molecule has 0 N–H and O–H groups in total. The summed E-state index contributed by atoms with van der Waals surface area (Å²) >= 11 is 8.75. The van der Waals surface area contributed by atoms with Crippen LogP contribution in [0.3, 0.4) is 0 Å². The van der Waals surface area contributed by atoms with Gasteiger partial charge in [-0.2, -0.15) is 0 Å². The van der Waals surface area contributed by atoms with Crippen LogP contribution in [0.15, 0.2) is 57.9 Å². The molecule has 0 atom stereocenters. The summed E-state index contributed by atoms with van der Waals surface area (Å²) in [5.74, 6) is 0.750. The van der Waals surface area contributed by atoms with Crippen LogP contribution >= 0.6 is 34.7 Å². The minimum atomic E-state index is -0.436. The third-order valence-electron chi connectivity index (χ3n) is 3.12. The zero-order valence-corrected chi connectivity index (χ0v) is 15.1. The van der Waals surface area contributed by atoms with Crippen molar-refractivity contribution in [2.24, 2.45) is 4.99 Å². The van der Waals surface area contributed by atoms with Gasteiger partial charge in [0.15, 0.2) is 4.34 Å². The SMILES string of the molecule is O=[N+]([O-])c1ccccc1/C=N/c1nnc(SCc2ccc(Cl)cc2)s1. The predicted octanol–water partition coefficient (Wildman–Crippen LogP) is 5.14. The number of hydrogen-bond acceptors (Lipinski definition) is 7. The van der Waals surface area contributed by atoms with E-state index in [0.29, 0.717) is 15.7 Å². The lowest BCUT2D eigenvalue weighted by Crippen LogP contribution is -1.93. The maximum Gasteiger partial charge on any atom is 0.278 e. The molecule has 0 saturated heterocycles. The van der Waals surface area contributed by atoms with Gasteiger partial charge in [-0.25, -0.2) is 4.99 Å². The van der Waals surface area contributed by atoms with Crippen molar-refractivity contribution in [2.45, 2.75) is 10.1 Å². The zero-order chi connectivity index (χ0) is 17.6. The first kappa shape index (κ1) is 17.5. The number of rotatable bonds is 6. The fraction of sp³-hybridized carbons (Fsp3) is 0.0625. The molecule has 0 spiro atoms. The third kappa shape index (κ3) is 4.85. The highest BCUT2D eigenvalue weighted by Gasteiger charge is 2.10. The fourth-order valence-corrected chi connectivity index (χ4v) is 3.69. The number of para-hydroxylation sites is 1. The summed E-state index contributed by atoms with van der Waals surface area (Å²) in [6, 6.07) is 14.0. The van der Waals surface area contributed by atoms with E-state index in [4.69, 9.17) is 11.6 Å². The summed E-state index contributed by atoms with van der Waals surface area (Å²) in [4.78, 5) is 14.7. The minimum absolute atomic E-state index is 0.00750. The molecular weight excluding hydrogens is 380 g/mol. The molecule has 126 valence electrons. The van der Waals surface area contributed by atoms with Crippen molar-refractivity contribution in [1.82, 2.24) is 10.2 Å². The maximum atomic E-state index is 11.0. The number of aromatic nitrogens is 2. The van der Waals surface area contributed by atoms with Crippen LogP contribution in [-0.4, -0.2) is 21.3 Å². The van der Waals surface area contributed by atoms with Crippen LogP contribution in [0.1, 0.15) is 11.1 Å². The number of hydrogen-bond donors (Lipinski definition) is 0. The van der Waals surface area contributed by atoms with Crippen molar-refractivity contribution in [3.63, 3.8) is 0 Å². The first-order valence-corrected chi connectivity index (χ1v) is 9.28. The van der Waals surface area contributed by atoms with E-state index in [0.717, 1.165) is 15.7 Å². The van der Waals surface area contributed by atoms with Crippen molar-refractivity contribution in [2.75, 3.05) is 0 Å². The van der Waals surface area contributed by atoms with Crippen LogP contribution in [0, 0.1) is 10.1 Å². The van der Waals surface area contributed by atoms with Crippen LogP contribution in [0.5, 0.6) is 0 Å². The van der Waals surface area contributed by atoms with Crippen LogP contribution in [0.2, 0.25) is 5.02 Å². The normalized spacial score (nSPS) is 11.1. The van der Waals surface area contributed by atoms with Crippen LogP contribution in [0.25, 0.3) is 0 Å². The van der Waals surface area contributed by atoms with Crippen LogP contribution < -0.4 is 0 Å². The summed E-state index contributed by atoms with van der Waals surface area (Å²) < 4.78 is 0.782.